The fourth-order valence-corrected chi connectivity index (χ4v) is 2.35. The molecule has 0 aliphatic rings. The van der Waals surface area contributed by atoms with E-state index in [1.54, 1.807) is 6.92 Å². The monoisotopic (exact) mass is 404 g/mol. The van der Waals surface area contributed by atoms with E-state index >= 15 is 0 Å². The van der Waals surface area contributed by atoms with Gasteiger partial charge in [-0.15, -0.1) is 0 Å². The van der Waals surface area contributed by atoms with Crippen LogP contribution < -0.4 is 0 Å². The van der Waals surface area contributed by atoms with Crippen LogP contribution >= 0.6 is 0 Å². The number of alkyl halides is 5. The van der Waals surface area contributed by atoms with Gasteiger partial charge in [-0.05, 0) is 24.7 Å². The van der Waals surface area contributed by atoms with Gasteiger partial charge in [0.15, 0.2) is 6.61 Å². The lowest BCUT2D eigenvalue weighted by atomic mass is 9.67. The predicted octanol–water partition coefficient (Wildman–Crippen LogP) is 5.15. The van der Waals surface area contributed by atoms with Crippen LogP contribution in [0.2, 0.25) is 0 Å². The van der Waals surface area contributed by atoms with Crippen molar-refractivity contribution in [2.24, 2.45) is 16.7 Å². The fraction of sp³-hybridized carbons (Fsp3) is 0.889. The third-order valence-electron chi connectivity index (χ3n) is 4.91. The van der Waals surface area contributed by atoms with Gasteiger partial charge in [-0.3, -0.25) is 9.59 Å². The Balaban J connectivity index is 4.65. The Kier molecular flexibility index (Phi) is 8.71. The largest absolute Gasteiger partial charge is 0.465 e. The average molecular weight is 404 g/mol. The summed E-state index contributed by atoms with van der Waals surface area (Å²) in [4.78, 5) is 23.8. The number of esters is 2. The van der Waals surface area contributed by atoms with Gasteiger partial charge in [0.05, 0.1) is 11.8 Å². The van der Waals surface area contributed by atoms with Gasteiger partial charge in [0.2, 0.25) is 0 Å². The molecule has 0 aromatic carbocycles. The standard InChI is InChI=1S/C18H29F5O4/c1-7-15(4,5)10-16(6,12(2)3)14(25)26-9-8-13(24)27-11-17(19,20)18(21,22)23/h12H,7-11H2,1-6H3. The van der Waals surface area contributed by atoms with E-state index in [-0.39, 0.29) is 11.3 Å². The third kappa shape index (κ3) is 7.62. The summed E-state index contributed by atoms with van der Waals surface area (Å²) in [5, 5.41) is 0. The van der Waals surface area contributed by atoms with Crippen LogP contribution in [0.5, 0.6) is 0 Å². The first-order valence-corrected chi connectivity index (χ1v) is 8.76. The normalized spacial score (nSPS) is 15.4. The quantitative estimate of drug-likeness (QED) is 0.373. The van der Waals surface area contributed by atoms with Crippen molar-refractivity contribution in [1.29, 1.82) is 0 Å². The average Bonchev–Trinajstić information content (AvgIpc) is 2.51. The summed E-state index contributed by atoms with van der Waals surface area (Å²) in [7, 11) is 0. The molecular formula is C18H29F5O4. The first kappa shape index (κ1) is 25.6. The molecular weight excluding hydrogens is 375 g/mol. The lowest BCUT2D eigenvalue weighted by Crippen LogP contribution is -2.41. The molecule has 0 bridgehead atoms. The van der Waals surface area contributed by atoms with Crippen molar-refractivity contribution >= 4 is 11.9 Å². The predicted molar refractivity (Wildman–Crippen MR) is 89.2 cm³/mol. The van der Waals surface area contributed by atoms with Gasteiger partial charge < -0.3 is 9.47 Å². The maximum atomic E-state index is 12.7. The van der Waals surface area contributed by atoms with E-state index in [4.69, 9.17) is 4.74 Å². The molecule has 0 rings (SSSR count). The molecule has 160 valence electrons. The van der Waals surface area contributed by atoms with Crippen molar-refractivity contribution in [3.8, 4) is 0 Å². The van der Waals surface area contributed by atoms with Gasteiger partial charge in [-0.2, -0.15) is 22.0 Å². The number of carbonyl (C=O) groups excluding carboxylic acids is 2. The molecule has 1 unspecified atom stereocenters. The van der Waals surface area contributed by atoms with E-state index < -0.39 is 49.1 Å². The van der Waals surface area contributed by atoms with E-state index in [2.05, 4.69) is 4.74 Å². The van der Waals surface area contributed by atoms with Crippen molar-refractivity contribution in [1.82, 2.24) is 0 Å². The van der Waals surface area contributed by atoms with E-state index in [0.29, 0.717) is 6.42 Å². The van der Waals surface area contributed by atoms with Crippen LogP contribution in [0.15, 0.2) is 0 Å². The summed E-state index contributed by atoms with van der Waals surface area (Å²) >= 11 is 0. The van der Waals surface area contributed by atoms with Gasteiger partial charge in [-0.25, -0.2) is 0 Å². The lowest BCUT2D eigenvalue weighted by molar-refractivity contribution is -0.294. The number of ether oxygens (including phenoxy) is 2. The Morgan fingerprint density at radius 1 is 0.963 bits per heavy atom. The molecule has 1 atom stereocenters. The van der Waals surface area contributed by atoms with E-state index in [0.717, 1.165) is 6.42 Å². The number of halogens is 5. The molecule has 0 heterocycles. The zero-order valence-corrected chi connectivity index (χ0v) is 16.6. The maximum absolute atomic E-state index is 12.7. The Hall–Kier alpha value is -1.41. The summed E-state index contributed by atoms with van der Waals surface area (Å²) in [5.74, 6) is -7.03. The van der Waals surface area contributed by atoms with Gasteiger partial charge >= 0.3 is 24.0 Å². The summed E-state index contributed by atoms with van der Waals surface area (Å²) < 4.78 is 70.4. The Morgan fingerprint density at radius 2 is 1.48 bits per heavy atom. The van der Waals surface area contributed by atoms with Crippen LogP contribution in [0, 0.1) is 16.7 Å². The van der Waals surface area contributed by atoms with Crippen molar-refractivity contribution in [3.05, 3.63) is 0 Å². The fourth-order valence-electron chi connectivity index (χ4n) is 2.35. The molecule has 0 aliphatic heterocycles. The van der Waals surface area contributed by atoms with Gasteiger partial charge in [0, 0.05) is 0 Å². The first-order valence-electron chi connectivity index (χ1n) is 8.76. The maximum Gasteiger partial charge on any atom is 0.456 e. The highest BCUT2D eigenvalue weighted by Gasteiger charge is 2.58. The molecule has 4 nitrogen and oxygen atoms in total. The van der Waals surface area contributed by atoms with Crippen molar-refractivity contribution in [2.45, 2.75) is 72.9 Å². The molecule has 0 saturated carbocycles. The zero-order valence-electron chi connectivity index (χ0n) is 16.6. The minimum absolute atomic E-state index is 0.0618. The van der Waals surface area contributed by atoms with Crippen LogP contribution in [-0.4, -0.2) is 37.3 Å². The number of rotatable bonds is 10. The first-order chi connectivity index (χ1) is 12.0. The number of hydrogen-bond donors (Lipinski definition) is 0. The second kappa shape index (κ2) is 9.19. The lowest BCUT2D eigenvalue weighted by Gasteiger charge is -2.38. The van der Waals surface area contributed by atoms with Gasteiger partial charge in [0.1, 0.15) is 6.61 Å². The molecule has 0 aromatic rings. The van der Waals surface area contributed by atoms with Crippen LogP contribution in [-0.2, 0) is 19.1 Å². The summed E-state index contributed by atoms with van der Waals surface area (Å²) in [6.45, 7) is 8.94. The van der Waals surface area contributed by atoms with Gasteiger partial charge in [0.25, 0.3) is 0 Å². The SMILES string of the molecule is CCC(C)(C)CC(C)(C(=O)OCCC(=O)OCC(F)(F)C(F)(F)F)C(C)C. The van der Waals surface area contributed by atoms with E-state index in [9.17, 15) is 31.5 Å². The molecule has 0 amide bonds. The zero-order chi connectivity index (χ0) is 21.7. The second-order valence-corrected chi connectivity index (χ2v) is 8.02. The van der Waals surface area contributed by atoms with Crippen molar-refractivity contribution < 1.29 is 41.0 Å². The minimum Gasteiger partial charge on any atom is -0.465 e. The third-order valence-corrected chi connectivity index (χ3v) is 4.91. The molecule has 0 saturated heterocycles. The Morgan fingerprint density at radius 3 is 1.89 bits per heavy atom. The summed E-state index contributed by atoms with van der Waals surface area (Å²) in [5.41, 5.74) is -0.952. The van der Waals surface area contributed by atoms with Crippen LogP contribution in [0.3, 0.4) is 0 Å². The van der Waals surface area contributed by atoms with Gasteiger partial charge in [-0.1, -0.05) is 41.0 Å². The highest BCUT2D eigenvalue weighted by molar-refractivity contribution is 5.77. The highest BCUT2D eigenvalue weighted by Crippen LogP contribution is 2.42. The van der Waals surface area contributed by atoms with Crippen LogP contribution in [0.4, 0.5) is 22.0 Å². The molecule has 0 radical (unpaired) electrons. The molecule has 0 fully saturated rings. The number of carbonyl (C=O) groups is 2. The van der Waals surface area contributed by atoms with Crippen molar-refractivity contribution in [2.75, 3.05) is 13.2 Å². The summed E-state index contributed by atoms with van der Waals surface area (Å²) in [6.07, 6.45) is -5.03. The smallest absolute Gasteiger partial charge is 0.456 e. The molecule has 0 aliphatic carbocycles. The van der Waals surface area contributed by atoms with E-state index in [1.807, 2.05) is 34.6 Å². The molecule has 27 heavy (non-hydrogen) atoms. The Labute approximate surface area is 156 Å². The topological polar surface area (TPSA) is 52.6 Å². The van der Waals surface area contributed by atoms with Crippen LogP contribution in [0.25, 0.3) is 0 Å². The number of hydrogen-bond acceptors (Lipinski definition) is 4. The van der Waals surface area contributed by atoms with Crippen molar-refractivity contribution in [3.63, 3.8) is 0 Å². The molecule has 0 N–H and O–H groups in total. The summed E-state index contributed by atoms with van der Waals surface area (Å²) in [6, 6.07) is 0. The molecule has 0 aromatic heterocycles. The minimum atomic E-state index is -5.80. The Bertz CT molecular complexity index is 514. The highest BCUT2D eigenvalue weighted by atomic mass is 19.4. The molecule has 9 heteroatoms. The molecule has 0 spiro atoms. The van der Waals surface area contributed by atoms with Crippen LogP contribution in [0.1, 0.15) is 60.8 Å². The second-order valence-electron chi connectivity index (χ2n) is 8.02. The van der Waals surface area contributed by atoms with E-state index in [1.165, 1.54) is 0 Å².